The topological polar surface area (TPSA) is 35.5 Å². The van der Waals surface area contributed by atoms with Gasteiger partial charge in [0.05, 0.1) is 12.8 Å². The normalized spacial score (nSPS) is 14.0. The summed E-state index contributed by atoms with van der Waals surface area (Å²) in [4.78, 5) is 0. The van der Waals surface area contributed by atoms with Crippen LogP contribution in [0, 0.1) is 0 Å². The van der Waals surface area contributed by atoms with Crippen molar-refractivity contribution in [2.24, 2.45) is 0 Å². The Kier molecular flexibility index (Phi) is 9.59. The number of benzene rings is 1. The fourth-order valence-corrected chi connectivity index (χ4v) is 4.26. The first kappa shape index (κ1) is 20.3. The van der Waals surface area contributed by atoms with Gasteiger partial charge < -0.3 is 4.52 Å². The molecule has 0 aliphatic carbocycles. The van der Waals surface area contributed by atoms with E-state index in [9.17, 15) is 4.57 Å². The SMILES string of the molecule is CCCCCCOP(=O)(CCCC)Oc1ccccc1C(C)C. The Morgan fingerprint density at radius 2 is 1.70 bits per heavy atom. The lowest BCUT2D eigenvalue weighted by atomic mass is 10.0. The van der Waals surface area contributed by atoms with E-state index in [2.05, 4.69) is 27.7 Å². The quantitative estimate of drug-likeness (QED) is 0.311. The minimum atomic E-state index is -3.07. The summed E-state index contributed by atoms with van der Waals surface area (Å²) in [6.45, 7) is 9.02. The lowest BCUT2D eigenvalue weighted by Gasteiger charge is -2.22. The van der Waals surface area contributed by atoms with Gasteiger partial charge >= 0.3 is 7.60 Å². The Balaban J connectivity index is 2.75. The Hall–Kier alpha value is -0.790. The summed E-state index contributed by atoms with van der Waals surface area (Å²) in [7, 11) is -3.07. The summed E-state index contributed by atoms with van der Waals surface area (Å²) in [6, 6.07) is 7.84. The van der Waals surface area contributed by atoms with Gasteiger partial charge in [-0.1, -0.05) is 71.6 Å². The predicted octanol–water partition coefficient (Wildman–Crippen LogP) is 6.78. The van der Waals surface area contributed by atoms with Crippen LogP contribution in [0.25, 0.3) is 0 Å². The van der Waals surface area contributed by atoms with Crippen molar-refractivity contribution in [1.29, 1.82) is 0 Å². The zero-order valence-corrected chi connectivity index (χ0v) is 16.1. The summed E-state index contributed by atoms with van der Waals surface area (Å²) in [5, 5.41) is 0. The van der Waals surface area contributed by atoms with Crippen LogP contribution < -0.4 is 4.52 Å². The van der Waals surface area contributed by atoms with Crippen molar-refractivity contribution in [1.82, 2.24) is 0 Å². The molecule has 0 amide bonds. The van der Waals surface area contributed by atoms with Gasteiger partial charge in [0.25, 0.3) is 0 Å². The molecular weight excluding hydrogens is 307 g/mol. The van der Waals surface area contributed by atoms with Crippen molar-refractivity contribution in [3.63, 3.8) is 0 Å². The second kappa shape index (κ2) is 10.9. The molecule has 1 unspecified atom stereocenters. The molecule has 4 heteroatoms. The first-order valence-electron chi connectivity index (χ1n) is 9.04. The summed E-state index contributed by atoms with van der Waals surface area (Å²) in [6.07, 6.45) is 6.77. The van der Waals surface area contributed by atoms with Crippen molar-refractivity contribution >= 4 is 7.60 Å². The molecule has 0 N–H and O–H groups in total. The molecule has 0 aromatic heterocycles. The first-order chi connectivity index (χ1) is 11.0. The largest absolute Gasteiger partial charge is 0.424 e. The third kappa shape index (κ3) is 7.54. The maximum absolute atomic E-state index is 13.1. The smallest absolute Gasteiger partial charge is 0.379 e. The molecule has 23 heavy (non-hydrogen) atoms. The molecule has 0 saturated carbocycles. The molecule has 0 aliphatic heterocycles. The minimum Gasteiger partial charge on any atom is -0.424 e. The van der Waals surface area contributed by atoms with E-state index in [-0.39, 0.29) is 0 Å². The average molecular weight is 340 g/mol. The third-order valence-electron chi connectivity index (χ3n) is 3.85. The highest BCUT2D eigenvalue weighted by Gasteiger charge is 2.26. The molecule has 3 nitrogen and oxygen atoms in total. The Morgan fingerprint density at radius 1 is 1.00 bits per heavy atom. The van der Waals surface area contributed by atoms with Crippen LogP contribution in [-0.2, 0) is 9.09 Å². The highest BCUT2D eigenvalue weighted by molar-refractivity contribution is 7.54. The van der Waals surface area contributed by atoms with E-state index >= 15 is 0 Å². The van der Waals surface area contributed by atoms with Gasteiger partial charge in [-0.3, -0.25) is 4.52 Å². The molecule has 0 fully saturated rings. The van der Waals surface area contributed by atoms with E-state index in [4.69, 9.17) is 9.05 Å². The van der Waals surface area contributed by atoms with Crippen molar-refractivity contribution in [2.45, 2.75) is 72.1 Å². The maximum atomic E-state index is 13.1. The van der Waals surface area contributed by atoms with Gasteiger partial charge in [0.2, 0.25) is 0 Å². The van der Waals surface area contributed by atoms with Gasteiger partial charge in [-0.25, -0.2) is 4.57 Å². The Morgan fingerprint density at radius 3 is 2.35 bits per heavy atom. The average Bonchev–Trinajstić information content (AvgIpc) is 2.53. The van der Waals surface area contributed by atoms with Crippen molar-refractivity contribution in [3.8, 4) is 5.75 Å². The molecule has 1 atom stereocenters. The molecule has 0 bridgehead atoms. The van der Waals surface area contributed by atoms with Gasteiger partial charge in [-0.05, 0) is 30.4 Å². The zero-order chi connectivity index (χ0) is 17.1. The minimum absolute atomic E-state index is 0.329. The fourth-order valence-electron chi connectivity index (χ4n) is 2.41. The van der Waals surface area contributed by atoms with Gasteiger partial charge in [-0.2, -0.15) is 0 Å². The van der Waals surface area contributed by atoms with Crippen molar-refractivity contribution < 1.29 is 13.6 Å². The van der Waals surface area contributed by atoms with Crippen molar-refractivity contribution in [3.05, 3.63) is 29.8 Å². The molecule has 0 saturated heterocycles. The van der Waals surface area contributed by atoms with Gasteiger partial charge in [0, 0.05) is 0 Å². The Labute approximate surface area is 142 Å². The van der Waals surface area contributed by atoms with Crippen LogP contribution in [0.4, 0.5) is 0 Å². The van der Waals surface area contributed by atoms with Crippen LogP contribution in [-0.4, -0.2) is 12.8 Å². The van der Waals surface area contributed by atoms with Crippen LogP contribution in [0.1, 0.15) is 77.7 Å². The summed E-state index contributed by atoms with van der Waals surface area (Å²) < 4.78 is 24.8. The second-order valence-corrected chi connectivity index (χ2v) is 8.48. The molecule has 0 radical (unpaired) electrons. The van der Waals surface area contributed by atoms with E-state index in [0.717, 1.165) is 31.2 Å². The van der Waals surface area contributed by atoms with Crippen LogP contribution in [0.15, 0.2) is 24.3 Å². The predicted molar refractivity (Wildman–Crippen MR) is 98.6 cm³/mol. The third-order valence-corrected chi connectivity index (χ3v) is 5.76. The monoisotopic (exact) mass is 340 g/mol. The van der Waals surface area contributed by atoms with Crippen LogP contribution in [0.2, 0.25) is 0 Å². The van der Waals surface area contributed by atoms with Crippen molar-refractivity contribution in [2.75, 3.05) is 12.8 Å². The maximum Gasteiger partial charge on any atom is 0.379 e. The lowest BCUT2D eigenvalue weighted by molar-refractivity contribution is 0.256. The molecule has 0 heterocycles. The first-order valence-corrected chi connectivity index (χ1v) is 10.8. The standard InChI is InChI=1S/C19H33O3P/c1-5-7-9-12-15-21-23(20,16-8-6-2)22-19-14-11-10-13-18(19)17(3)4/h10-11,13-14,17H,5-9,12,15-16H2,1-4H3. The summed E-state index contributed by atoms with van der Waals surface area (Å²) in [5.74, 6) is 1.03. The van der Waals surface area contributed by atoms with E-state index < -0.39 is 7.60 Å². The van der Waals surface area contributed by atoms with Crippen LogP contribution >= 0.6 is 7.60 Å². The van der Waals surface area contributed by atoms with E-state index in [1.165, 1.54) is 12.8 Å². The number of unbranched alkanes of at least 4 members (excludes halogenated alkanes) is 4. The van der Waals surface area contributed by atoms with E-state index in [1.807, 2.05) is 24.3 Å². The summed E-state index contributed by atoms with van der Waals surface area (Å²) >= 11 is 0. The zero-order valence-electron chi connectivity index (χ0n) is 15.2. The number of para-hydroxylation sites is 1. The fraction of sp³-hybridized carbons (Fsp3) is 0.684. The van der Waals surface area contributed by atoms with E-state index in [0.29, 0.717) is 24.4 Å². The van der Waals surface area contributed by atoms with Crippen LogP contribution in [0.5, 0.6) is 5.75 Å². The Bertz CT molecular complexity index is 485. The number of hydrogen-bond donors (Lipinski definition) is 0. The molecule has 132 valence electrons. The number of rotatable bonds is 12. The molecule has 1 aromatic rings. The van der Waals surface area contributed by atoms with Crippen LogP contribution in [0.3, 0.4) is 0 Å². The molecular formula is C19H33O3P. The van der Waals surface area contributed by atoms with E-state index in [1.54, 1.807) is 0 Å². The second-order valence-electron chi connectivity index (χ2n) is 6.37. The lowest BCUT2D eigenvalue weighted by Crippen LogP contribution is -2.06. The van der Waals surface area contributed by atoms with Gasteiger partial charge in [0.15, 0.2) is 0 Å². The highest BCUT2D eigenvalue weighted by atomic mass is 31.2. The highest BCUT2D eigenvalue weighted by Crippen LogP contribution is 2.50. The molecule has 1 aromatic carbocycles. The molecule has 0 aliphatic rings. The molecule has 1 rings (SSSR count). The molecule has 0 spiro atoms. The number of hydrogen-bond acceptors (Lipinski definition) is 3. The van der Waals surface area contributed by atoms with Gasteiger partial charge in [0.1, 0.15) is 5.75 Å². The van der Waals surface area contributed by atoms with Gasteiger partial charge in [-0.15, -0.1) is 0 Å². The summed E-state index contributed by atoms with van der Waals surface area (Å²) in [5.41, 5.74) is 1.08.